The summed E-state index contributed by atoms with van der Waals surface area (Å²) in [5.41, 5.74) is 5.36. The van der Waals surface area contributed by atoms with Crippen LogP contribution in [0.15, 0.2) is 30.9 Å². The van der Waals surface area contributed by atoms with E-state index in [2.05, 4.69) is 41.8 Å². The number of aryl methyl sites for hydroxylation is 1. The number of hydrogen-bond acceptors (Lipinski definition) is 4. The van der Waals surface area contributed by atoms with Crippen molar-refractivity contribution in [1.82, 2.24) is 19.5 Å². The van der Waals surface area contributed by atoms with Gasteiger partial charge in [0, 0.05) is 11.6 Å². The standard InChI is InChI=1S/C17H20N4O/c1-4-12-5-6-14(13(7-12)8-22)15-16-17(19-9-18-15)21(10-20-16)11(2)3/h5-7,9-11,22H,4,8H2,1-3H3. The fraction of sp³-hybridized carbons (Fsp3) is 0.353. The molecule has 1 N–H and O–H groups in total. The van der Waals surface area contributed by atoms with Crippen LogP contribution in [0.4, 0.5) is 0 Å². The van der Waals surface area contributed by atoms with Gasteiger partial charge in [0.2, 0.25) is 0 Å². The average molecular weight is 296 g/mol. The van der Waals surface area contributed by atoms with Crippen molar-refractivity contribution in [2.24, 2.45) is 0 Å². The molecule has 0 unspecified atom stereocenters. The Morgan fingerprint density at radius 2 is 2.00 bits per heavy atom. The van der Waals surface area contributed by atoms with Gasteiger partial charge in [-0.05, 0) is 31.4 Å². The van der Waals surface area contributed by atoms with Gasteiger partial charge in [0.05, 0.1) is 12.9 Å². The lowest BCUT2D eigenvalue weighted by atomic mass is 10.00. The topological polar surface area (TPSA) is 63.8 Å². The van der Waals surface area contributed by atoms with Gasteiger partial charge in [-0.25, -0.2) is 15.0 Å². The van der Waals surface area contributed by atoms with E-state index in [-0.39, 0.29) is 12.6 Å². The third-order valence-electron chi connectivity index (χ3n) is 3.92. The zero-order valence-corrected chi connectivity index (χ0v) is 13.1. The molecule has 0 saturated heterocycles. The van der Waals surface area contributed by atoms with Crippen LogP contribution in [0.2, 0.25) is 0 Å². The first-order valence-electron chi connectivity index (χ1n) is 7.56. The number of imidazole rings is 1. The summed E-state index contributed by atoms with van der Waals surface area (Å²) < 4.78 is 2.03. The lowest BCUT2D eigenvalue weighted by molar-refractivity contribution is 0.282. The van der Waals surface area contributed by atoms with E-state index in [4.69, 9.17) is 0 Å². The summed E-state index contributed by atoms with van der Waals surface area (Å²) in [5.74, 6) is 0. The van der Waals surface area contributed by atoms with Gasteiger partial charge in [-0.15, -0.1) is 0 Å². The van der Waals surface area contributed by atoms with Gasteiger partial charge in [0.25, 0.3) is 0 Å². The third-order valence-corrected chi connectivity index (χ3v) is 3.92. The maximum absolute atomic E-state index is 9.70. The second-order valence-corrected chi connectivity index (χ2v) is 5.64. The molecular formula is C17H20N4O. The summed E-state index contributed by atoms with van der Waals surface area (Å²) in [6.07, 6.45) is 4.30. The Bertz CT molecular complexity index is 808. The molecule has 0 saturated carbocycles. The van der Waals surface area contributed by atoms with Crippen molar-refractivity contribution < 1.29 is 5.11 Å². The SMILES string of the molecule is CCc1ccc(-c2ncnc3c2ncn3C(C)C)c(CO)c1. The summed E-state index contributed by atoms with van der Waals surface area (Å²) in [4.78, 5) is 13.3. The Morgan fingerprint density at radius 1 is 1.18 bits per heavy atom. The monoisotopic (exact) mass is 296 g/mol. The van der Waals surface area contributed by atoms with Crippen LogP contribution in [0.1, 0.15) is 37.9 Å². The first kappa shape index (κ1) is 14.7. The molecule has 0 fully saturated rings. The van der Waals surface area contributed by atoms with Gasteiger partial charge in [0.1, 0.15) is 17.5 Å². The molecule has 3 aromatic rings. The van der Waals surface area contributed by atoms with Crippen molar-refractivity contribution in [1.29, 1.82) is 0 Å². The van der Waals surface area contributed by atoms with Crippen LogP contribution in [-0.4, -0.2) is 24.6 Å². The molecule has 3 rings (SSSR count). The van der Waals surface area contributed by atoms with Gasteiger partial charge in [-0.3, -0.25) is 0 Å². The summed E-state index contributed by atoms with van der Waals surface area (Å²) in [5, 5.41) is 9.70. The Morgan fingerprint density at radius 3 is 2.68 bits per heavy atom. The molecule has 5 heteroatoms. The number of nitrogens with zero attached hydrogens (tertiary/aromatic N) is 4. The number of hydrogen-bond donors (Lipinski definition) is 1. The highest BCUT2D eigenvalue weighted by Crippen LogP contribution is 2.29. The van der Waals surface area contributed by atoms with E-state index in [0.717, 1.165) is 34.4 Å². The molecule has 0 radical (unpaired) electrons. The predicted molar refractivity (Wildman–Crippen MR) is 86.4 cm³/mol. The second kappa shape index (κ2) is 5.85. The fourth-order valence-electron chi connectivity index (χ4n) is 2.66. The second-order valence-electron chi connectivity index (χ2n) is 5.64. The van der Waals surface area contributed by atoms with Crippen LogP contribution >= 0.6 is 0 Å². The molecule has 0 aliphatic carbocycles. The van der Waals surface area contributed by atoms with Gasteiger partial charge >= 0.3 is 0 Å². The quantitative estimate of drug-likeness (QED) is 0.803. The minimum atomic E-state index is -0.0143. The Kier molecular flexibility index (Phi) is 3.90. The van der Waals surface area contributed by atoms with Gasteiger partial charge in [-0.2, -0.15) is 0 Å². The van der Waals surface area contributed by atoms with Crippen molar-refractivity contribution in [2.45, 2.75) is 39.8 Å². The van der Waals surface area contributed by atoms with Crippen molar-refractivity contribution in [3.63, 3.8) is 0 Å². The van der Waals surface area contributed by atoms with E-state index in [1.54, 1.807) is 12.7 Å². The lowest BCUT2D eigenvalue weighted by Crippen LogP contribution is -2.01. The van der Waals surface area contributed by atoms with E-state index < -0.39 is 0 Å². The third kappa shape index (κ3) is 2.37. The minimum Gasteiger partial charge on any atom is -0.392 e. The Balaban J connectivity index is 2.22. The number of aliphatic hydroxyl groups is 1. The summed E-state index contributed by atoms with van der Waals surface area (Å²) in [6.45, 7) is 6.28. The zero-order valence-electron chi connectivity index (χ0n) is 13.1. The number of fused-ring (bicyclic) bond motifs is 1. The average Bonchev–Trinajstić information content (AvgIpc) is 2.98. The zero-order chi connectivity index (χ0) is 15.7. The normalized spacial score (nSPS) is 11.5. The lowest BCUT2D eigenvalue weighted by Gasteiger charge is -2.10. The number of aliphatic hydroxyl groups excluding tert-OH is 1. The smallest absolute Gasteiger partial charge is 0.164 e. The highest BCUT2D eigenvalue weighted by molar-refractivity contribution is 5.88. The van der Waals surface area contributed by atoms with Crippen molar-refractivity contribution in [3.8, 4) is 11.3 Å². The Labute approximate surface area is 129 Å². The first-order valence-corrected chi connectivity index (χ1v) is 7.56. The molecule has 114 valence electrons. The molecule has 0 aliphatic rings. The molecule has 0 spiro atoms. The molecule has 0 aliphatic heterocycles. The molecule has 0 bridgehead atoms. The van der Waals surface area contributed by atoms with Gasteiger partial charge in [-0.1, -0.05) is 25.1 Å². The summed E-state index contributed by atoms with van der Waals surface area (Å²) >= 11 is 0. The number of aromatic nitrogens is 4. The van der Waals surface area contributed by atoms with Gasteiger partial charge < -0.3 is 9.67 Å². The molecule has 1 aromatic carbocycles. The van der Waals surface area contributed by atoms with Crippen LogP contribution in [0.3, 0.4) is 0 Å². The van der Waals surface area contributed by atoms with Gasteiger partial charge in [0.15, 0.2) is 5.65 Å². The highest BCUT2D eigenvalue weighted by Gasteiger charge is 2.15. The van der Waals surface area contributed by atoms with Crippen LogP contribution in [0.25, 0.3) is 22.4 Å². The number of benzene rings is 1. The first-order chi connectivity index (χ1) is 10.7. The summed E-state index contributed by atoms with van der Waals surface area (Å²) in [6, 6.07) is 6.40. The van der Waals surface area contributed by atoms with E-state index in [9.17, 15) is 5.11 Å². The minimum absolute atomic E-state index is 0.0143. The predicted octanol–water partition coefficient (Wildman–Crippen LogP) is 3.13. The van der Waals surface area contributed by atoms with E-state index >= 15 is 0 Å². The van der Waals surface area contributed by atoms with E-state index in [1.807, 2.05) is 16.7 Å². The van der Waals surface area contributed by atoms with Crippen molar-refractivity contribution >= 4 is 11.2 Å². The molecule has 5 nitrogen and oxygen atoms in total. The molecule has 0 atom stereocenters. The Hall–Kier alpha value is -2.27. The van der Waals surface area contributed by atoms with Crippen LogP contribution in [0.5, 0.6) is 0 Å². The van der Waals surface area contributed by atoms with Crippen molar-refractivity contribution in [2.75, 3.05) is 0 Å². The van der Waals surface area contributed by atoms with Crippen LogP contribution in [-0.2, 0) is 13.0 Å². The van der Waals surface area contributed by atoms with Crippen LogP contribution in [0, 0.1) is 0 Å². The fourth-order valence-corrected chi connectivity index (χ4v) is 2.66. The maximum atomic E-state index is 9.70. The number of rotatable bonds is 4. The van der Waals surface area contributed by atoms with Crippen molar-refractivity contribution in [3.05, 3.63) is 42.0 Å². The largest absolute Gasteiger partial charge is 0.392 e. The molecule has 22 heavy (non-hydrogen) atoms. The molecule has 0 amide bonds. The molecular weight excluding hydrogens is 276 g/mol. The highest BCUT2D eigenvalue weighted by atomic mass is 16.3. The molecule has 2 heterocycles. The van der Waals surface area contributed by atoms with E-state index in [0.29, 0.717) is 0 Å². The summed E-state index contributed by atoms with van der Waals surface area (Å²) in [7, 11) is 0. The van der Waals surface area contributed by atoms with Crippen LogP contribution < -0.4 is 0 Å². The molecule has 2 aromatic heterocycles. The van der Waals surface area contributed by atoms with E-state index in [1.165, 1.54) is 5.56 Å². The maximum Gasteiger partial charge on any atom is 0.164 e.